The fourth-order valence-electron chi connectivity index (χ4n) is 4.41. The molecular formula is C24H23ClN7O7S2+. The Hall–Kier alpha value is -4.15. The first-order valence-electron chi connectivity index (χ1n) is 12.0. The highest BCUT2D eigenvalue weighted by Crippen LogP contribution is 2.40. The number of β-lactam (4-membered cyclic amide) rings is 1. The quantitative estimate of drug-likeness (QED) is 0.115. The Morgan fingerprint density at radius 1 is 1.37 bits per heavy atom. The number of nitrogens with zero attached hydrogens (tertiary/aromatic N) is 5. The smallest absolute Gasteiger partial charge is 0.352 e. The van der Waals surface area contributed by atoms with Crippen LogP contribution >= 0.6 is 34.7 Å². The molecule has 17 heteroatoms. The lowest BCUT2D eigenvalue weighted by Gasteiger charge is -2.49. The van der Waals surface area contributed by atoms with Gasteiger partial charge < -0.3 is 30.7 Å². The number of aryl methyl sites for hydroxylation is 1. The molecule has 0 saturated carbocycles. The van der Waals surface area contributed by atoms with Crippen LogP contribution in [0.1, 0.15) is 12.6 Å². The summed E-state index contributed by atoms with van der Waals surface area (Å²) in [7, 11) is 1.91. The molecule has 0 radical (unpaired) electrons. The molecule has 2 aliphatic heterocycles. The molecule has 41 heavy (non-hydrogen) atoms. The number of nitrogen functional groups attached to an aromatic ring is 1. The number of amides is 2. The second-order valence-electron chi connectivity index (χ2n) is 9.20. The van der Waals surface area contributed by atoms with Crippen LogP contribution in [-0.2, 0) is 37.6 Å². The van der Waals surface area contributed by atoms with E-state index in [1.165, 1.54) is 18.7 Å². The van der Waals surface area contributed by atoms with Crippen molar-refractivity contribution >= 4 is 80.2 Å². The van der Waals surface area contributed by atoms with Gasteiger partial charge in [-0.05, 0) is 13.0 Å². The topological polar surface area (TPSA) is 193 Å². The Bertz CT molecular complexity index is 1670. The highest BCUT2D eigenvalue weighted by molar-refractivity contribution is 8.00. The van der Waals surface area contributed by atoms with E-state index in [4.69, 9.17) is 27.3 Å². The number of aromatic nitrogens is 3. The lowest BCUT2D eigenvalue weighted by Crippen LogP contribution is -2.71. The van der Waals surface area contributed by atoms with E-state index in [0.29, 0.717) is 11.3 Å². The van der Waals surface area contributed by atoms with Crippen LogP contribution in [0.15, 0.2) is 47.1 Å². The van der Waals surface area contributed by atoms with Gasteiger partial charge in [0, 0.05) is 36.0 Å². The van der Waals surface area contributed by atoms with Gasteiger partial charge >= 0.3 is 11.9 Å². The summed E-state index contributed by atoms with van der Waals surface area (Å²) in [5.41, 5.74) is 6.43. The third-order valence-electron chi connectivity index (χ3n) is 6.49. The Kier molecular flexibility index (Phi) is 7.63. The van der Waals surface area contributed by atoms with E-state index in [9.17, 15) is 24.3 Å². The number of carboxylic acids is 2. The average molecular weight is 621 g/mol. The van der Waals surface area contributed by atoms with Crippen LogP contribution in [0.3, 0.4) is 0 Å². The summed E-state index contributed by atoms with van der Waals surface area (Å²) in [5, 5.41) is 25.7. The number of hydrogen-bond donors (Lipinski definition) is 4. The van der Waals surface area contributed by atoms with Gasteiger partial charge in [-0.15, -0.1) is 11.8 Å². The Morgan fingerprint density at radius 3 is 2.78 bits per heavy atom. The van der Waals surface area contributed by atoms with Gasteiger partial charge in [0.15, 0.2) is 29.8 Å². The number of rotatable bonds is 9. The van der Waals surface area contributed by atoms with Crippen molar-refractivity contribution < 1.29 is 38.8 Å². The maximum Gasteiger partial charge on any atom is 0.352 e. The number of halogens is 1. The van der Waals surface area contributed by atoms with E-state index in [0.717, 1.165) is 27.1 Å². The number of anilines is 1. The largest absolute Gasteiger partial charge is 0.478 e. The Labute approximate surface area is 245 Å². The first-order valence-corrected chi connectivity index (χ1v) is 14.2. The standard InChI is InChI=1S/C24H22ClN7O7S2/c1-10(22(35)36)39-29-15(14-18(25)41-24(26)28-14)19(33)27-16-20(34)32-17(23(37)38)12(9-40-21(16)32)7-31-6-4-11-3-5-30(2)13(11)8-31/h3-6,8,10,16,21H,7,9H2,1-2H3,(H4-,26,27,28,33,35,36,37,38)/p+1/t10-,16+,21?/m0/s1. The number of nitrogens with two attached hydrogens (primary N) is 1. The number of thioether (sulfide) groups is 1. The van der Waals surface area contributed by atoms with E-state index in [2.05, 4.69) is 15.5 Å². The molecule has 14 nitrogen and oxygen atoms in total. The van der Waals surface area contributed by atoms with Gasteiger partial charge in [0.05, 0.1) is 0 Å². The molecule has 0 spiro atoms. The number of aliphatic carboxylic acids is 2. The van der Waals surface area contributed by atoms with Gasteiger partial charge in [-0.3, -0.25) is 14.5 Å². The van der Waals surface area contributed by atoms with Crippen molar-refractivity contribution in [2.75, 3.05) is 11.5 Å². The first-order chi connectivity index (χ1) is 19.5. The van der Waals surface area contributed by atoms with Crippen LogP contribution < -0.4 is 15.6 Å². The SMILES string of the molecule is C[C@H](ON=C(C(=O)N[C@@H]1C(=O)N2C(C(=O)O)=C(C[n+]3ccc4ccn(C)c4c3)CSC12)c1nc(N)sc1Cl)C(=O)O. The van der Waals surface area contributed by atoms with Gasteiger partial charge in [-0.1, -0.05) is 28.1 Å². The summed E-state index contributed by atoms with van der Waals surface area (Å²) in [6.07, 6.45) is 4.28. The molecule has 0 aliphatic carbocycles. The highest BCUT2D eigenvalue weighted by Gasteiger charge is 2.55. The van der Waals surface area contributed by atoms with E-state index < -0.39 is 47.0 Å². The van der Waals surface area contributed by atoms with Crippen molar-refractivity contribution in [3.63, 3.8) is 0 Å². The van der Waals surface area contributed by atoms with E-state index >= 15 is 0 Å². The molecular weight excluding hydrogens is 598 g/mol. The summed E-state index contributed by atoms with van der Waals surface area (Å²) in [5.74, 6) is -3.84. The molecule has 5 N–H and O–H groups in total. The van der Waals surface area contributed by atoms with Crippen molar-refractivity contribution in [1.29, 1.82) is 0 Å². The predicted molar refractivity (Wildman–Crippen MR) is 149 cm³/mol. The minimum atomic E-state index is -1.40. The second-order valence-corrected chi connectivity index (χ2v) is 11.9. The molecule has 3 atom stereocenters. The molecule has 1 unspecified atom stereocenters. The number of oxime groups is 1. The van der Waals surface area contributed by atoms with Gasteiger partial charge in [0.2, 0.25) is 6.10 Å². The number of carboxylic acid groups (broad SMARTS) is 2. The maximum absolute atomic E-state index is 13.2. The molecule has 214 valence electrons. The molecule has 2 amide bonds. The molecule has 5 heterocycles. The van der Waals surface area contributed by atoms with Crippen molar-refractivity contribution in [3.05, 3.63) is 52.0 Å². The number of nitrogens with one attached hydrogen (secondary N) is 1. The number of fused-ring (bicyclic) bond motifs is 2. The maximum atomic E-state index is 13.2. The summed E-state index contributed by atoms with van der Waals surface area (Å²) >= 11 is 8.31. The summed E-state index contributed by atoms with van der Waals surface area (Å²) in [6, 6.07) is 2.81. The summed E-state index contributed by atoms with van der Waals surface area (Å²) in [4.78, 5) is 59.9. The minimum absolute atomic E-state index is 0.00310. The lowest BCUT2D eigenvalue weighted by molar-refractivity contribution is -0.687. The van der Waals surface area contributed by atoms with E-state index in [1.807, 2.05) is 46.9 Å². The zero-order valence-corrected chi connectivity index (χ0v) is 23.9. The molecule has 0 aromatic carbocycles. The zero-order valence-electron chi connectivity index (χ0n) is 21.5. The number of carbonyl (C=O) groups is 4. The average Bonchev–Trinajstić information content (AvgIpc) is 3.46. The van der Waals surface area contributed by atoms with Crippen LogP contribution in [0.2, 0.25) is 4.34 Å². The first kappa shape index (κ1) is 28.4. The van der Waals surface area contributed by atoms with Crippen LogP contribution in [0.25, 0.3) is 10.9 Å². The minimum Gasteiger partial charge on any atom is -0.478 e. The molecule has 2 aliphatic rings. The van der Waals surface area contributed by atoms with Gasteiger partial charge in [0.1, 0.15) is 32.7 Å². The fraction of sp³-hybridized carbons (Fsp3) is 0.292. The number of hydrogen-bond acceptors (Lipinski definition) is 10. The number of pyridine rings is 1. The summed E-state index contributed by atoms with van der Waals surface area (Å²) < 4.78 is 3.81. The van der Waals surface area contributed by atoms with Crippen molar-refractivity contribution in [2.45, 2.75) is 31.0 Å². The van der Waals surface area contributed by atoms with Crippen LogP contribution in [0.5, 0.6) is 0 Å². The van der Waals surface area contributed by atoms with E-state index in [-0.39, 0.29) is 27.4 Å². The molecule has 1 fully saturated rings. The van der Waals surface area contributed by atoms with Crippen LogP contribution in [0, 0.1) is 0 Å². The third-order valence-corrected chi connectivity index (χ3v) is 8.91. The number of carbonyl (C=O) groups excluding carboxylic acids is 2. The molecule has 1 saturated heterocycles. The van der Waals surface area contributed by atoms with Crippen LogP contribution in [0.4, 0.5) is 5.13 Å². The zero-order chi connectivity index (χ0) is 29.6. The van der Waals surface area contributed by atoms with Crippen molar-refractivity contribution in [3.8, 4) is 0 Å². The molecule has 5 rings (SSSR count). The Balaban J connectivity index is 1.37. The normalized spacial score (nSPS) is 19.5. The van der Waals surface area contributed by atoms with Crippen LogP contribution in [-0.4, -0.2) is 77.4 Å². The summed E-state index contributed by atoms with van der Waals surface area (Å²) in [6.45, 7) is 1.46. The Morgan fingerprint density at radius 2 is 2.12 bits per heavy atom. The van der Waals surface area contributed by atoms with Gasteiger partial charge in [-0.2, -0.15) is 4.57 Å². The van der Waals surface area contributed by atoms with Gasteiger partial charge in [0.25, 0.3) is 11.8 Å². The molecule has 3 aromatic rings. The second kappa shape index (κ2) is 11.0. The highest BCUT2D eigenvalue weighted by atomic mass is 35.5. The molecule has 3 aromatic heterocycles. The molecule has 0 bridgehead atoms. The predicted octanol–water partition coefficient (Wildman–Crippen LogP) is 0.791. The monoisotopic (exact) mass is 620 g/mol. The van der Waals surface area contributed by atoms with Crippen molar-refractivity contribution in [2.24, 2.45) is 12.2 Å². The van der Waals surface area contributed by atoms with Crippen molar-refractivity contribution in [1.82, 2.24) is 19.8 Å². The third kappa shape index (κ3) is 5.32. The number of thiazole rings is 1. The fourth-order valence-corrected chi connectivity index (χ4v) is 6.67. The lowest BCUT2D eigenvalue weighted by atomic mass is 10.0. The van der Waals surface area contributed by atoms with E-state index in [1.54, 1.807) is 0 Å². The van der Waals surface area contributed by atoms with Gasteiger partial charge in [-0.25, -0.2) is 14.6 Å².